The molecule has 86 valence electrons. The summed E-state index contributed by atoms with van der Waals surface area (Å²) in [5, 5.41) is 9.51. The maximum absolute atomic E-state index is 13.3. The minimum atomic E-state index is -0.793. The Morgan fingerprint density at radius 3 is 2.62 bits per heavy atom. The van der Waals surface area contributed by atoms with Crippen molar-refractivity contribution < 1.29 is 14.3 Å². The molecule has 4 heteroatoms. The molecule has 1 aliphatic heterocycles. The number of likely N-dealkylation sites (tertiary alicyclic amines) is 1. The van der Waals surface area contributed by atoms with Gasteiger partial charge < -0.3 is 10.0 Å². The van der Waals surface area contributed by atoms with E-state index in [0.717, 1.165) is 0 Å². The Kier molecular flexibility index (Phi) is 2.46. The van der Waals surface area contributed by atoms with Crippen molar-refractivity contribution in [3.63, 3.8) is 0 Å². The summed E-state index contributed by atoms with van der Waals surface area (Å²) in [5.74, 6) is -0.608. The second-order valence-electron chi connectivity index (χ2n) is 4.62. The van der Waals surface area contributed by atoms with E-state index in [1.54, 1.807) is 26.0 Å². The molecule has 1 amide bonds. The molecule has 0 unspecified atom stereocenters. The molecule has 1 heterocycles. The number of hydrogen-bond acceptors (Lipinski definition) is 2. The second kappa shape index (κ2) is 3.56. The molecular formula is C12H14FNO2. The van der Waals surface area contributed by atoms with Gasteiger partial charge in [-0.15, -0.1) is 0 Å². The highest BCUT2D eigenvalue weighted by molar-refractivity contribution is 5.95. The van der Waals surface area contributed by atoms with Crippen LogP contribution in [0.3, 0.4) is 0 Å². The highest BCUT2D eigenvalue weighted by Crippen LogP contribution is 2.22. The summed E-state index contributed by atoms with van der Waals surface area (Å²) in [7, 11) is 0. The highest BCUT2D eigenvalue weighted by Gasteiger charge is 2.39. The molecule has 3 nitrogen and oxygen atoms in total. The van der Waals surface area contributed by atoms with Crippen molar-refractivity contribution in [3.8, 4) is 0 Å². The lowest BCUT2D eigenvalue weighted by atomic mass is 9.96. The summed E-state index contributed by atoms with van der Waals surface area (Å²) < 4.78 is 13.3. The highest BCUT2D eigenvalue weighted by atomic mass is 19.1. The first-order valence-electron chi connectivity index (χ1n) is 5.17. The number of carbonyl (C=O) groups excluding carboxylic acids is 1. The SMILES string of the molecule is Cc1ccc(C(=O)N2CC(C)(O)C2)cc1F. The van der Waals surface area contributed by atoms with E-state index in [2.05, 4.69) is 0 Å². The normalized spacial score (nSPS) is 18.1. The van der Waals surface area contributed by atoms with E-state index in [9.17, 15) is 14.3 Å². The predicted octanol–water partition coefficient (Wildman–Crippen LogP) is 1.34. The van der Waals surface area contributed by atoms with E-state index in [4.69, 9.17) is 0 Å². The molecule has 0 radical (unpaired) electrons. The number of halogens is 1. The van der Waals surface area contributed by atoms with Gasteiger partial charge in [0.15, 0.2) is 0 Å². The van der Waals surface area contributed by atoms with Gasteiger partial charge in [-0.05, 0) is 31.5 Å². The van der Waals surface area contributed by atoms with Crippen molar-refractivity contribution in [2.24, 2.45) is 0 Å². The van der Waals surface area contributed by atoms with Gasteiger partial charge in [0.2, 0.25) is 0 Å². The third-order valence-electron chi connectivity index (χ3n) is 2.77. The van der Waals surface area contributed by atoms with Gasteiger partial charge in [0, 0.05) is 5.56 Å². The van der Waals surface area contributed by atoms with Crippen LogP contribution < -0.4 is 0 Å². The van der Waals surface area contributed by atoms with Gasteiger partial charge >= 0.3 is 0 Å². The largest absolute Gasteiger partial charge is 0.386 e. The maximum atomic E-state index is 13.3. The molecule has 0 bridgehead atoms. The van der Waals surface area contributed by atoms with Crippen molar-refractivity contribution in [2.45, 2.75) is 19.4 Å². The number of rotatable bonds is 1. The number of carbonyl (C=O) groups is 1. The molecule has 2 rings (SSSR count). The molecule has 1 aromatic carbocycles. The van der Waals surface area contributed by atoms with Crippen LogP contribution >= 0.6 is 0 Å². The Morgan fingerprint density at radius 2 is 2.12 bits per heavy atom. The monoisotopic (exact) mass is 223 g/mol. The van der Waals surface area contributed by atoms with Crippen molar-refractivity contribution in [3.05, 3.63) is 35.1 Å². The molecule has 0 aromatic heterocycles. The van der Waals surface area contributed by atoms with E-state index in [-0.39, 0.29) is 11.7 Å². The van der Waals surface area contributed by atoms with Gasteiger partial charge in [-0.3, -0.25) is 4.79 Å². The molecule has 1 aromatic rings. The fourth-order valence-corrected chi connectivity index (χ4v) is 1.83. The van der Waals surface area contributed by atoms with Crippen molar-refractivity contribution >= 4 is 5.91 Å². The van der Waals surface area contributed by atoms with Crippen LogP contribution in [0.1, 0.15) is 22.8 Å². The van der Waals surface area contributed by atoms with Gasteiger partial charge in [-0.1, -0.05) is 6.07 Å². The van der Waals surface area contributed by atoms with E-state index in [1.165, 1.54) is 11.0 Å². The zero-order valence-corrected chi connectivity index (χ0v) is 9.33. The van der Waals surface area contributed by atoms with Crippen molar-refractivity contribution in [1.29, 1.82) is 0 Å². The summed E-state index contributed by atoms with van der Waals surface area (Å²) >= 11 is 0. The second-order valence-corrected chi connectivity index (χ2v) is 4.62. The fourth-order valence-electron chi connectivity index (χ4n) is 1.83. The van der Waals surface area contributed by atoms with E-state index < -0.39 is 5.60 Å². The smallest absolute Gasteiger partial charge is 0.254 e. The van der Waals surface area contributed by atoms with E-state index >= 15 is 0 Å². The lowest BCUT2D eigenvalue weighted by molar-refractivity contribution is -0.0668. The standard InChI is InChI=1S/C12H14FNO2/c1-8-3-4-9(5-10(8)13)11(15)14-6-12(2,16)7-14/h3-5,16H,6-7H2,1-2H3. The van der Waals surface area contributed by atoms with Crippen LogP contribution in [0, 0.1) is 12.7 Å². The molecule has 1 aliphatic rings. The lowest BCUT2D eigenvalue weighted by Crippen LogP contribution is -2.61. The Morgan fingerprint density at radius 1 is 1.50 bits per heavy atom. The van der Waals surface area contributed by atoms with Crippen LogP contribution in [-0.2, 0) is 0 Å². The van der Waals surface area contributed by atoms with Gasteiger partial charge in [-0.2, -0.15) is 0 Å². The van der Waals surface area contributed by atoms with Crippen LogP contribution in [0.25, 0.3) is 0 Å². The quantitative estimate of drug-likeness (QED) is 0.780. The third-order valence-corrected chi connectivity index (χ3v) is 2.77. The van der Waals surface area contributed by atoms with Crippen LogP contribution in [0.5, 0.6) is 0 Å². The lowest BCUT2D eigenvalue weighted by Gasteiger charge is -2.44. The summed E-state index contributed by atoms with van der Waals surface area (Å²) in [6.07, 6.45) is 0. The average molecular weight is 223 g/mol. The minimum Gasteiger partial charge on any atom is -0.386 e. The molecule has 0 aliphatic carbocycles. The van der Waals surface area contributed by atoms with Crippen molar-refractivity contribution in [2.75, 3.05) is 13.1 Å². The number of β-amino-alcohol motifs (C(OH)–C–C–N with tert-alkyl or cyclic N) is 1. The molecular weight excluding hydrogens is 209 g/mol. The summed E-state index contributed by atoms with van der Waals surface area (Å²) in [5.41, 5.74) is 0.0598. The van der Waals surface area contributed by atoms with E-state index in [0.29, 0.717) is 24.2 Å². The summed E-state index contributed by atoms with van der Waals surface area (Å²) in [6.45, 7) is 3.94. The van der Waals surface area contributed by atoms with Crippen LogP contribution in [0.4, 0.5) is 4.39 Å². The average Bonchev–Trinajstić information content (AvgIpc) is 2.17. The molecule has 1 N–H and O–H groups in total. The molecule has 1 saturated heterocycles. The zero-order valence-electron chi connectivity index (χ0n) is 9.33. The number of nitrogens with zero attached hydrogens (tertiary/aromatic N) is 1. The topological polar surface area (TPSA) is 40.5 Å². The Balaban J connectivity index is 2.13. The maximum Gasteiger partial charge on any atom is 0.254 e. The predicted molar refractivity (Wildman–Crippen MR) is 57.7 cm³/mol. The first-order valence-corrected chi connectivity index (χ1v) is 5.17. The first-order chi connectivity index (χ1) is 7.39. The van der Waals surface area contributed by atoms with Gasteiger partial charge in [0.1, 0.15) is 5.82 Å². The Hall–Kier alpha value is -1.42. The third kappa shape index (κ3) is 1.93. The number of aryl methyl sites for hydroxylation is 1. The summed E-state index contributed by atoms with van der Waals surface area (Å²) in [4.78, 5) is 13.3. The Labute approximate surface area is 93.5 Å². The van der Waals surface area contributed by atoms with Gasteiger partial charge in [0.25, 0.3) is 5.91 Å². The molecule has 1 fully saturated rings. The molecule has 16 heavy (non-hydrogen) atoms. The zero-order chi connectivity index (χ0) is 11.9. The number of aliphatic hydroxyl groups is 1. The van der Waals surface area contributed by atoms with Crippen LogP contribution in [0.2, 0.25) is 0 Å². The number of hydrogen-bond donors (Lipinski definition) is 1. The number of benzene rings is 1. The Bertz CT molecular complexity index is 435. The van der Waals surface area contributed by atoms with Gasteiger partial charge in [0.05, 0.1) is 18.7 Å². The van der Waals surface area contributed by atoms with Crippen molar-refractivity contribution in [1.82, 2.24) is 4.90 Å². The van der Waals surface area contributed by atoms with Crippen LogP contribution in [0.15, 0.2) is 18.2 Å². The molecule has 0 saturated carbocycles. The fraction of sp³-hybridized carbons (Fsp3) is 0.417. The van der Waals surface area contributed by atoms with Crippen LogP contribution in [-0.4, -0.2) is 34.6 Å². The minimum absolute atomic E-state index is 0.231. The van der Waals surface area contributed by atoms with E-state index in [1.807, 2.05) is 0 Å². The molecule has 0 spiro atoms. The first kappa shape index (κ1) is 11.1. The molecule has 0 atom stereocenters. The van der Waals surface area contributed by atoms with Gasteiger partial charge in [-0.25, -0.2) is 4.39 Å². The summed E-state index contributed by atoms with van der Waals surface area (Å²) in [6, 6.07) is 4.43. The number of amides is 1.